The van der Waals surface area contributed by atoms with Crippen LogP contribution in [0, 0.1) is 0 Å². The average molecular weight is 452 g/mol. The third-order valence-electron chi connectivity index (χ3n) is 5.58. The molecule has 0 aliphatic carbocycles. The lowest BCUT2D eigenvalue weighted by molar-refractivity contribution is 0.0824. The fourth-order valence-corrected chi connectivity index (χ4v) is 3.53. The third kappa shape index (κ3) is 4.62. The van der Waals surface area contributed by atoms with E-state index in [-0.39, 0.29) is 40.3 Å². The molecule has 0 fully saturated rings. The maximum atomic E-state index is 13.2. The number of carbonyl (C=O) groups excluding carboxylic acids is 1. The summed E-state index contributed by atoms with van der Waals surface area (Å²) >= 11 is 0. The van der Waals surface area contributed by atoms with Crippen LogP contribution in [0.2, 0.25) is 0 Å². The number of aromatic hydroxyl groups is 1. The highest BCUT2D eigenvalue weighted by atomic mass is 16.3. The van der Waals surface area contributed by atoms with Gasteiger partial charge >= 0.3 is 0 Å². The predicted octanol–water partition coefficient (Wildman–Crippen LogP) is 2.80. The summed E-state index contributed by atoms with van der Waals surface area (Å²) in [4.78, 5) is 40.1. The summed E-state index contributed by atoms with van der Waals surface area (Å²) in [5, 5.41) is 16.9. The van der Waals surface area contributed by atoms with Crippen molar-refractivity contribution in [2.75, 3.05) is 24.7 Å². The minimum Gasteiger partial charge on any atom is -0.505 e. The van der Waals surface area contributed by atoms with Crippen molar-refractivity contribution in [1.29, 1.82) is 0 Å². The van der Waals surface area contributed by atoms with E-state index in [1.165, 1.54) is 40.5 Å². The van der Waals surface area contributed by atoms with E-state index in [1.807, 2.05) is 37.3 Å². The molecule has 174 valence electrons. The van der Waals surface area contributed by atoms with Gasteiger partial charge in [0, 0.05) is 28.2 Å². The summed E-state index contributed by atoms with van der Waals surface area (Å²) in [7, 11) is 6.15. The van der Waals surface area contributed by atoms with Crippen molar-refractivity contribution in [3.8, 4) is 5.75 Å². The molecule has 3 N–H and O–H groups in total. The number of para-hydroxylation sites is 1. The molecular weight excluding hydrogens is 422 g/mol. The summed E-state index contributed by atoms with van der Waals surface area (Å²) in [6.07, 6.45) is 0.667. The molecule has 3 rings (SSSR count). The molecule has 0 saturated carbocycles. The van der Waals surface area contributed by atoms with E-state index in [0.29, 0.717) is 6.42 Å². The van der Waals surface area contributed by atoms with Crippen LogP contribution >= 0.6 is 0 Å². The number of aromatic nitrogens is 2. The summed E-state index contributed by atoms with van der Waals surface area (Å²) in [5.74, 6) is -0.693. The molecule has 9 heteroatoms. The van der Waals surface area contributed by atoms with Gasteiger partial charge in [-0.2, -0.15) is 0 Å². The second-order valence-electron chi connectivity index (χ2n) is 7.95. The zero-order valence-electron chi connectivity index (χ0n) is 19.4. The quantitative estimate of drug-likeness (QED) is 0.477. The average Bonchev–Trinajstić information content (AvgIpc) is 2.82. The molecule has 0 bridgehead atoms. The van der Waals surface area contributed by atoms with Crippen molar-refractivity contribution in [2.45, 2.75) is 19.4 Å². The first kappa shape index (κ1) is 23.6. The van der Waals surface area contributed by atoms with Crippen LogP contribution in [-0.2, 0) is 14.1 Å². The lowest BCUT2D eigenvalue weighted by atomic mass is 10.0. The van der Waals surface area contributed by atoms with Crippen LogP contribution in [-0.4, -0.2) is 39.4 Å². The topological polar surface area (TPSA) is 109 Å². The monoisotopic (exact) mass is 451 g/mol. The van der Waals surface area contributed by atoms with E-state index in [1.54, 1.807) is 20.2 Å². The summed E-state index contributed by atoms with van der Waals surface area (Å²) in [5.41, 5.74) is 0.384. The second kappa shape index (κ2) is 9.64. The molecule has 1 atom stereocenters. The summed E-state index contributed by atoms with van der Waals surface area (Å²) in [6, 6.07) is 14.0. The van der Waals surface area contributed by atoms with Gasteiger partial charge in [0.15, 0.2) is 5.75 Å². The molecule has 2 aromatic carbocycles. The van der Waals surface area contributed by atoms with E-state index < -0.39 is 11.1 Å². The lowest BCUT2D eigenvalue weighted by Crippen LogP contribution is -2.38. The Balaban J connectivity index is 2.13. The maximum absolute atomic E-state index is 13.2. The van der Waals surface area contributed by atoms with Gasteiger partial charge in [0.2, 0.25) is 0 Å². The number of hydrogen-bond acceptors (Lipinski definition) is 6. The molecule has 0 aliphatic heterocycles. The highest BCUT2D eigenvalue weighted by molar-refractivity contribution is 5.98. The Bertz CT molecular complexity index is 1280. The van der Waals surface area contributed by atoms with Gasteiger partial charge in [0.25, 0.3) is 17.0 Å². The zero-order valence-corrected chi connectivity index (χ0v) is 19.4. The molecule has 9 nitrogen and oxygen atoms in total. The van der Waals surface area contributed by atoms with Gasteiger partial charge in [0.05, 0.1) is 17.3 Å². The van der Waals surface area contributed by atoms with Crippen molar-refractivity contribution in [3.63, 3.8) is 0 Å². The van der Waals surface area contributed by atoms with E-state index in [4.69, 9.17) is 0 Å². The van der Waals surface area contributed by atoms with Crippen LogP contribution < -0.4 is 21.8 Å². The van der Waals surface area contributed by atoms with Gasteiger partial charge in [-0.05, 0) is 24.1 Å². The molecule has 0 aliphatic rings. The molecule has 1 unspecified atom stereocenters. The predicted molar refractivity (Wildman–Crippen MR) is 129 cm³/mol. The first-order valence-corrected chi connectivity index (χ1v) is 10.6. The van der Waals surface area contributed by atoms with E-state index in [9.17, 15) is 19.5 Å². The molecular formula is C24H29N5O4. The molecule has 1 heterocycles. The van der Waals surface area contributed by atoms with Gasteiger partial charge in [0.1, 0.15) is 11.4 Å². The first-order chi connectivity index (χ1) is 15.7. The van der Waals surface area contributed by atoms with Crippen LogP contribution in [0.3, 0.4) is 0 Å². The van der Waals surface area contributed by atoms with Crippen molar-refractivity contribution in [1.82, 2.24) is 14.3 Å². The van der Waals surface area contributed by atoms with Crippen LogP contribution in [0.15, 0.2) is 58.1 Å². The van der Waals surface area contributed by atoms with Gasteiger partial charge in [-0.25, -0.2) is 9.36 Å². The van der Waals surface area contributed by atoms with Crippen molar-refractivity contribution in [3.05, 3.63) is 80.4 Å². The highest BCUT2D eigenvalue weighted by Crippen LogP contribution is 2.32. The van der Waals surface area contributed by atoms with E-state index in [0.717, 1.165) is 5.56 Å². The number of anilines is 3. The molecule has 0 spiro atoms. The molecule has 1 aromatic heterocycles. The highest BCUT2D eigenvalue weighted by Gasteiger charge is 2.22. The normalized spacial score (nSPS) is 11.7. The fourth-order valence-electron chi connectivity index (χ4n) is 3.53. The van der Waals surface area contributed by atoms with Gasteiger partial charge in [-0.1, -0.05) is 43.3 Å². The van der Waals surface area contributed by atoms with Gasteiger partial charge in [-0.3, -0.25) is 14.4 Å². The first-order valence-electron chi connectivity index (χ1n) is 10.6. The number of rotatable bonds is 7. The number of phenols is 1. The molecule has 0 radical (unpaired) electrons. The SMILES string of the molecule is CCC(Nc1c(Nc2cccc(C(=O)N(C)C)c2O)c(=O)n(C)n(C)c1=O)c1ccccc1. The Hall–Kier alpha value is -4.01. The van der Waals surface area contributed by atoms with Crippen molar-refractivity contribution in [2.24, 2.45) is 14.1 Å². The number of amides is 1. The van der Waals surface area contributed by atoms with Crippen molar-refractivity contribution < 1.29 is 9.90 Å². The largest absolute Gasteiger partial charge is 0.505 e. The van der Waals surface area contributed by atoms with Crippen LogP contribution in [0.5, 0.6) is 5.75 Å². The molecule has 33 heavy (non-hydrogen) atoms. The minimum atomic E-state index is -0.466. The number of hydrogen-bond donors (Lipinski definition) is 3. The summed E-state index contributed by atoms with van der Waals surface area (Å²) < 4.78 is 2.41. The zero-order chi connectivity index (χ0) is 24.3. The van der Waals surface area contributed by atoms with Crippen molar-refractivity contribution >= 4 is 23.0 Å². The lowest BCUT2D eigenvalue weighted by Gasteiger charge is -2.22. The molecule has 3 aromatic rings. The number of carbonyl (C=O) groups is 1. The van der Waals surface area contributed by atoms with E-state index >= 15 is 0 Å². The Morgan fingerprint density at radius 3 is 2.15 bits per heavy atom. The van der Waals surface area contributed by atoms with Gasteiger partial charge < -0.3 is 20.6 Å². The Morgan fingerprint density at radius 1 is 0.970 bits per heavy atom. The van der Waals surface area contributed by atoms with Crippen LogP contribution in [0.4, 0.5) is 17.1 Å². The smallest absolute Gasteiger partial charge is 0.290 e. The summed E-state index contributed by atoms with van der Waals surface area (Å²) in [6.45, 7) is 1.98. The Morgan fingerprint density at radius 2 is 1.58 bits per heavy atom. The van der Waals surface area contributed by atoms with E-state index in [2.05, 4.69) is 10.6 Å². The fraction of sp³-hybridized carbons (Fsp3) is 0.292. The van der Waals surface area contributed by atoms with Gasteiger partial charge in [-0.15, -0.1) is 0 Å². The third-order valence-corrected chi connectivity index (χ3v) is 5.58. The minimum absolute atomic E-state index is 0.0141. The number of phenolic OH excluding ortho intramolecular Hbond substituents is 1. The van der Waals surface area contributed by atoms with Crippen LogP contribution in [0.1, 0.15) is 35.3 Å². The standard InChI is InChI=1S/C24H29N5O4/c1-6-17(15-11-8-7-9-12-15)25-19-20(24(33)29(5)28(4)23(19)32)26-18-14-10-13-16(21(18)30)22(31)27(2)3/h7-14,17,25-26,30H,6H2,1-5H3. The molecule has 1 amide bonds. The Labute approximate surface area is 191 Å². The van der Waals surface area contributed by atoms with Crippen LogP contribution in [0.25, 0.3) is 0 Å². The molecule has 0 saturated heterocycles. The maximum Gasteiger partial charge on any atom is 0.290 e. The number of nitrogens with one attached hydrogen (secondary N) is 2. The number of nitrogens with zero attached hydrogens (tertiary/aromatic N) is 3. The Kier molecular flexibility index (Phi) is 6.91. The number of benzene rings is 2. The second-order valence-corrected chi connectivity index (χ2v) is 7.95.